The maximum atomic E-state index is 12.3. The number of carbonyl (C=O) groups excluding carboxylic acids is 1. The number of nitrogens with one attached hydrogen (secondary N) is 1. The predicted molar refractivity (Wildman–Crippen MR) is 82.2 cm³/mol. The van der Waals surface area contributed by atoms with E-state index in [1.165, 1.54) is 0 Å². The van der Waals surface area contributed by atoms with Gasteiger partial charge in [-0.15, -0.1) is 0 Å². The zero-order chi connectivity index (χ0) is 15.4. The van der Waals surface area contributed by atoms with Crippen LogP contribution in [0.3, 0.4) is 0 Å². The molecule has 1 aliphatic carbocycles. The molecule has 118 valence electrons. The summed E-state index contributed by atoms with van der Waals surface area (Å²) in [5.74, 6) is 0.885. The second kappa shape index (κ2) is 6.93. The van der Waals surface area contributed by atoms with Gasteiger partial charge in [0, 0.05) is 31.6 Å². The van der Waals surface area contributed by atoms with E-state index in [9.17, 15) is 9.90 Å². The number of carbonyl (C=O) groups is 1. The van der Waals surface area contributed by atoms with Crippen LogP contribution in [0.1, 0.15) is 45.6 Å². The van der Waals surface area contributed by atoms with Gasteiger partial charge in [0.05, 0.1) is 12.3 Å². The van der Waals surface area contributed by atoms with Crippen LogP contribution in [0.5, 0.6) is 0 Å². The average molecular weight is 294 g/mol. The van der Waals surface area contributed by atoms with Crippen molar-refractivity contribution in [2.45, 2.75) is 51.7 Å². The topological polar surface area (TPSA) is 70.4 Å². The molecule has 1 saturated carbocycles. The highest BCUT2D eigenvalue weighted by atomic mass is 16.3. The monoisotopic (exact) mass is 294 g/mol. The third-order valence-electron chi connectivity index (χ3n) is 4.12. The van der Waals surface area contributed by atoms with Crippen molar-refractivity contribution in [1.82, 2.24) is 14.7 Å². The molecule has 0 saturated heterocycles. The maximum Gasteiger partial charge on any atom is 0.322 e. The summed E-state index contributed by atoms with van der Waals surface area (Å²) in [6.07, 6.45) is 5.46. The van der Waals surface area contributed by atoms with Crippen LogP contribution in [0.25, 0.3) is 0 Å². The molecular weight excluding hydrogens is 268 g/mol. The third kappa shape index (κ3) is 3.97. The summed E-state index contributed by atoms with van der Waals surface area (Å²) in [5, 5.41) is 17.1. The Kier molecular flexibility index (Phi) is 5.22. The first-order valence-corrected chi connectivity index (χ1v) is 7.72. The Hall–Kier alpha value is -1.56. The quantitative estimate of drug-likeness (QED) is 0.896. The molecule has 0 aromatic carbocycles. The summed E-state index contributed by atoms with van der Waals surface area (Å²) >= 11 is 0. The second-order valence-electron chi connectivity index (χ2n) is 6.18. The van der Waals surface area contributed by atoms with Gasteiger partial charge in [-0.1, -0.05) is 12.8 Å². The predicted octanol–water partition coefficient (Wildman–Crippen LogP) is 2.48. The minimum Gasteiger partial charge on any atom is -0.393 e. The Morgan fingerprint density at radius 3 is 2.90 bits per heavy atom. The molecule has 0 radical (unpaired) electrons. The lowest BCUT2D eigenvalue weighted by atomic mass is 9.86. The lowest BCUT2D eigenvalue weighted by Gasteiger charge is -2.31. The van der Waals surface area contributed by atoms with Gasteiger partial charge < -0.3 is 10.0 Å². The largest absolute Gasteiger partial charge is 0.393 e. The van der Waals surface area contributed by atoms with Crippen molar-refractivity contribution in [2.75, 3.05) is 18.9 Å². The highest BCUT2D eigenvalue weighted by Gasteiger charge is 2.25. The second-order valence-corrected chi connectivity index (χ2v) is 6.18. The standard InChI is InChI=1S/C15H26N4O2/c1-11(2)19-14(8-9-16-19)17-15(21)18(3)10-12-6-4-5-7-13(12)20/h8-9,11-13,20H,4-7,10H2,1-3H3,(H,17,21). The van der Waals surface area contributed by atoms with Gasteiger partial charge in [0.2, 0.25) is 0 Å². The first-order valence-electron chi connectivity index (χ1n) is 7.72. The molecular formula is C15H26N4O2. The van der Waals surface area contributed by atoms with Crippen LogP contribution in [-0.2, 0) is 0 Å². The zero-order valence-corrected chi connectivity index (χ0v) is 13.1. The van der Waals surface area contributed by atoms with Gasteiger partial charge in [0.1, 0.15) is 5.82 Å². The number of hydrogen-bond acceptors (Lipinski definition) is 3. The number of rotatable bonds is 4. The van der Waals surface area contributed by atoms with Crippen LogP contribution in [0.15, 0.2) is 12.3 Å². The molecule has 2 unspecified atom stereocenters. The molecule has 1 fully saturated rings. The van der Waals surface area contributed by atoms with Crippen LogP contribution < -0.4 is 5.32 Å². The van der Waals surface area contributed by atoms with Crippen molar-refractivity contribution < 1.29 is 9.90 Å². The van der Waals surface area contributed by atoms with E-state index in [0.29, 0.717) is 12.4 Å². The molecule has 2 N–H and O–H groups in total. The van der Waals surface area contributed by atoms with E-state index < -0.39 is 0 Å². The summed E-state index contributed by atoms with van der Waals surface area (Å²) in [6, 6.07) is 1.83. The molecule has 1 aromatic heterocycles. The number of amides is 2. The Labute approximate surface area is 126 Å². The van der Waals surface area contributed by atoms with E-state index >= 15 is 0 Å². The van der Waals surface area contributed by atoms with Crippen molar-refractivity contribution in [3.8, 4) is 0 Å². The molecule has 1 heterocycles. The molecule has 2 atom stereocenters. The van der Waals surface area contributed by atoms with Gasteiger partial charge in [0.15, 0.2) is 0 Å². The highest BCUT2D eigenvalue weighted by Crippen LogP contribution is 2.25. The smallest absolute Gasteiger partial charge is 0.322 e. The Balaban J connectivity index is 1.91. The molecule has 0 aliphatic heterocycles. The summed E-state index contributed by atoms with van der Waals surface area (Å²) in [7, 11) is 1.77. The van der Waals surface area contributed by atoms with E-state index in [2.05, 4.69) is 10.4 Å². The molecule has 1 aromatic rings. The van der Waals surface area contributed by atoms with Crippen LogP contribution in [-0.4, -0.2) is 45.5 Å². The SMILES string of the molecule is CC(C)n1nccc1NC(=O)N(C)CC1CCCCC1O. The van der Waals surface area contributed by atoms with E-state index in [-0.39, 0.29) is 24.1 Å². The fourth-order valence-electron chi connectivity index (χ4n) is 2.87. The normalized spacial score (nSPS) is 22.3. The highest BCUT2D eigenvalue weighted by molar-refractivity contribution is 5.88. The number of nitrogens with zero attached hydrogens (tertiary/aromatic N) is 3. The summed E-state index contributed by atoms with van der Waals surface area (Å²) in [4.78, 5) is 13.9. The Morgan fingerprint density at radius 1 is 1.52 bits per heavy atom. The van der Waals surface area contributed by atoms with E-state index in [0.717, 1.165) is 25.7 Å². The van der Waals surface area contributed by atoms with E-state index in [1.807, 2.05) is 13.8 Å². The summed E-state index contributed by atoms with van der Waals surface area (Å²) in [6.45, 7) is 4.62. The molecule has 0 spiro atoms. The number of aliphatic hydroxyl groups excluding tert-OH is 1. The lowest BCUT2D eigenvalue weighted by molar-refractivity contribution is 0.0575. The van der Waals surface area contributed by atoms with Gasteiger partial charge in [-0.25, -0.2) is 9.48 Å². The van der Waals surface area contributed by atoms with Gasteiger partial charge in [0.25, 0.3) is 0 Å². The van der Waals surface area contributed by atoms with Gasteiger partial charge in [-0.3, -0.25) is 5.32 Å². The number of anilines is 1. The summed E-state index contributed by atoms with van der Waals surface area (Å²) in [5.41, 5.74) is 0. The van der Waals surface area contributed by atoms with Gasteiger partial charge in [-0.05, 0) is 26.7 Å². The van der Waals surface area contributed by atoms with Gasteiger partial charge in [-0.2, -0.15) is 5.10 Å². The molecule has 2 rings (SSSR count). The number of hydrogen-bond donors (Lipinski definition) is 2. The van der Waals surface area contributed by atoms with Crippen LogP contribution in [0, 0.1) is 5.92 Å². The van der Waals surface area contributed by atoms with Crippen molar-refractivity contribution in [3.63, 3.8) is 0 Å². The van der Waals surface area contributed by atoms with Gasteiger partial charge >= 0.3 is 6.03 Å². The Bertz CT molecular complexity index is 472. The molecule has 0 bridgehead atoms. The van der Waals surface area contributed by atoms with Crippen molar-refractivity contribution in [2.24, 2.45) is 5.92 Å². The van der Waals surface area contributed by atoms with E-state index in [1.54, 1.807) is 28.9 Å². The molecule has 2 amide bonds. The van der Waals surface area contributed by atoms with E-state index in [4.69, 9.17) is 0 Å². The molecule has 6 nitrogen and oxygen atoms in total. The molecule has 21 heavy (non-hydrogen) atoms. The van der Waals surface area contributed by atoms with Crippen molar-refractivity contribution in [1.29, 1.82) is 0 Å². The third-order valence-corrected chi connectivity index (χ3v) is 4.12. The zero-order valence-electron chi connectivity index (χ0n) is 13.1. The number of urea groups is 1. The summed E-state index contributed by atoms with van der Waals surface area (Å²) < 4.78 is 1.78. The van der Waals surface area contributed by atoms with Crippen molar-refractivity contribution >= 4 is 11.8 Å². The minimum atomic E-state index is -0.282. The fourth-order valence-corrected chi connectivity index (χ4v) is 2.87. The number of aliphatic hydroxyl groups is 1. The van der Waals surface area contributed by atoms with Crippen molar-refractivity contribution in [3.05, 3.63) is 12.3 Å². The molecule has 1 aliphatic rings. The maximum absolute atomic E-state index is 12.3. The van der Waals surface area contributed by atoms with Crippen LogP contribution in [0.2, 0.25) is 0 Å². The van der Waals surface area contributed by atoms with Crippen LogP contribution >= 0.6 is 0 Å². The molecule has 6 heteroatoms. The lowest BCUT2D eigenvalue weighted by Crippen LogP contribution is -2.40. The average Bonchev–Trinajstić information content (AvgIpc) is 2.89. The number of aromatic nitrogens is 2. The van der Waals surface area contributed by atoms with Crippen LogP contribution in [0.4, 0.5) is 10.6 Å². The first kappa shape index (κ1) is 15.8. The first-order chi connectivity index (χ1) is 9.99. The fraction of sp³-hybridized carbons (Fsp3) is 0.733. The minimum absolute atomic E-state index is 0.157. The Morgan fingerprint density at radius 2 is 2.24 bits per heavy atom.